The highest BCUT2D eigenvalue weighted by molar-refractivity contribution is 6.25. The fourth-order valence-electron chi connectivity index (χ4n) is 4.77. The van der Waals surface area contributed by atoms with Gasteiger partial charge in [-0.2, -0.15) is 13.2 Å². The van der Waals surface area contributed by atoms with E-state index in [4.69, 9.17) is 5.73 Å². The number of Topliss-reactive ketones (excluding diaryl/α,β-unsaturated/α-hetero) is 1. The summed E-state index contributed by atoms with van der Waals surface area (Å²) in [6.45, 7) is 2.07. The first-order chi connectivity index (χ1) is 17.1. The first-order valence-corrected chi connectivity index (χ1v) is 12.4. The Kier molecular flexibility index (Phi) is 7.31. The van der Waals surface area contributed by atoms with Crippen molar-refractivity contribution in [3.63, 3.8) is 0 Å². The number of benzene rings is 1. The highest BCUT2D eigenvalue weighted by Crippen LogP contribution is 2.39. The molecule has 1 unspecified atom stereocenters. The molecule has 4 rings (SSSR count). The molecule has 2 aliphatic rings. The maximum Gasteiger partial charge on any atom is 0.416 e. The SMILES string of the molecule is CCCCC[C@@H](CC1CC1)C(=O)C1(N)N=C(c2cc(C(F)(F)F)ccn2)c2ccccc2N(C)C1=O. The van der Waals surface area contributed by atoms with Gasteiger partial charge in [0, 0.05) is 24.7 Å². The lowest BCUT2D eigenvalue weighted by molar-refractivity contribution is -0.138. The molecule has 0 bridgehead atoms. The van der Waals surface area contributed by atoms with Gasteiger partial charge in [-0.1, -0.05) is 57.2 Å². The highest BCUT2D eigenvalue weighted by atomic mass is 19.4. The van der Waals surface area contributed by atoms with Gasteiger partial charge < -0.3 is 4.90 Å². The van der Waals surface area contributed by atoms with Crippen LogP contribution in [0.3, 0.4) is 0 Å². The van der Waals surface area contributed by atoms with Crippen LogP contribution in [-0.4, -0.2) is 35.1 Å². The molecule has 1 aliphatic heterocycles. The molecule has 2 N–H and O–H groups in total. The van der Waals surface area contributed by atoms with Gasteiger partial charge in [-0.05, 0) is 37.0 Å². The average Bonchev–Trinajstić information content (AvgIpc) is 3.69. The zero-order valence-corrected chi connectivity index (χ0v) is 20.5. The Hall–Kier alpha value is -3.07. The number of halogens is 3. The van der Waals surface area contributed by atoms with Gasteiger partial charge in [0.25, 0.3) is 5.91 Å². The van der Waals surface area contributed by atoms with Crippen LogP contribution in [0, 0.1) is 11.8 Å². The molecule has 1 aromatic heterocycles. The van der Waals surface area contributed by atoms with Crippen LogP contribution in [0.5, 0.6) is 0 Å². The molecule has 1 amide bonds. The van der Waals surface area contributed by atoms with Crippen molar-refractivity contribution in [2.45, 2.75) is 63.7 Å². The number of ketones is 1. The fraction of sp³-hybridized carbons (Fsp3) is 0.481. The third-order valence-electron chi connectivity index (χ3n) is 6.99. The summed E-state index contributed by atoms with van der Waals surface area (Å²) in [7, 11) is 1.50. The Bertz CT molecular complexity index is 1180. The summed E-state index contributed by atoms with van der Waals surface area (Å²) in [6, 6.07) is 8.41. The molecule has 0 spiro atoms. The Balaban J connectivity index is 1.85. The average molecular weight is 501 g/mol. The van der Waals surface area contributed by atoms with Gasteiger partial charge in [0.1, 0.15) is 0 Å². The predicted octanol–water partition coefficient (Wildman–Crippen LogP) is 5.13. The molecule has 2 atom stereocenters. The summed E-state index contributed by atoms with van der Waals surface area (Å²) in [5.41, 5.74) is 4.07. The van der Waals surface area contributed by atoms with Gasteiger partial charge in [-0.3, -0.25) is 20.3 Å². The number of hydrogen-bond donors (Lipinski definition) is 1. The summed E-state index contributed by atoms with van der Waals surface area (Å²) in [6.07, 6.45) is 2.52. The van der Waals surface area contributed by atoms with Crippen molar-refractivity contribution in [2.24, 2.45) is 22.6 Å². The second kappa shape index (κ2) is 10.1. The molecular weight excluding hydrogens is 469 g/mol. The lowest BCUT2D eigenvalue weighted by Crippen LogP contribution is -2.60. The molecule has 2 heterocycles. The van der Waals surface area contributed by atoms with Crippen LogP contribution >= 0.6 is 0 Å². The molecule has 1 aliphatic carbocycles. The molecular formula is C27H31F3N4O2. The van der Waals surface area contributed by atoms with Gasteiger partial charge in [-0.15, -0.1) is 0 Å². The fourth-order valence-corrected chi connectivity index (χ4v) is 4.77. The highest BCUT2D eigenvalue weighted by Gasteiger charge is 2.50. The Morgan fingerprint density at radius 3 is 2.61 bits per heavy atom. The molecule has 192 valence electrons. The number of nitrogens with two attached hydrogens (primary N) is 1. The number of carbonyl (C=O) groups excluding carboxylic acids is 2. The van der Waals surface area contributed by atoms with Gasteiger partial charge in [-0.25, -0.2) is 4.99 Å². The van der Waals surface area contributed by atoms with Crippen molar-refractivity contribution in [3.05, 3.63) is 59.4 Å². The van der Waals surface area contributed by atoms with Crippen LogP contribution < -0.4 is 10.6 Å². The number of benzodiazepines with no additional fused rings is 1. The number of likely N-dealkylation sites (N-methyl/N-ethyl adjacent to an activating group) is 1. The van der Waals surface area contributed by atoms with Crippen LogP contribution in [0.1, 0.15) is 68.7 Å². The zero-order chi connectivity index (χ0) is 26.1. The van der Waals surface area contributed by atoms with E-state index in [0.717, 1.165) is 50.4 Å². The molecule has 1 fully saturated rings. The van der Waals surface area contributed by atoms with E-state index in [2.05, 4.69) is 16.9 Å². The number of hydrogen-bond acceptors (Lipinski definition) is 5. The zero-order valence-electron chi connectivity index (χ0n) is 20.5. The van der Waals surface area contributed by atoms with Crippen molar-refractivity contribution in [3.8, 4) is 0 Å². The number of carbonyl (C=O) groups is 2. The number of alkyl halides is 3. The summed E-state index contributed by atoms with van der Waals surface area (Å²) in [5.74, 6) is -1.22. The third-order valence-corrected chi connectivity index (χ3v) is 6.99. The summed E-state index contributed by atoms with van der Waals surface area (Å²) >= 11 is 0. The summed E-state index contributed by atoms with van der Waals surface area (Å²) in [5, 5.41) is 0. The Labute approximate surface area is 208 Å². The van der Waals surface area contributed by atoms with Crippen molar-refractivity contribution in [1.29, 1.82) is 0 Å². The molecule has 9 heteroatoms. The number of unbranched alkanes of at least 4 members (excludes halogenated alkanes) is 2. The number of aliphatic imine (C=N–C) groups is 1. The van der Waals surface area contributed by atoms with Crippen LogP contribution in [0.4, 0.5) is 18.9 Å². The van der Waals surface area contributed by atoms with E-state index in [0.29, 0.717) is 30.0 Å². The molecule has 0 saturated heterocycles. The largest absolute Gasteiger partial charge is 0.416 e. The van der Waals surface area contributed by atoms with E-state index in [-0.39, 0.29) is 11.4 Å². The quantitative estimate of drug-likeness (QED) is 0.382. The molecule has 0 radical (unpaired) electrons. The maximum atomic E-state index is 14.0. The molecule has 1 saturated carbocycles. The third kappa shape index (κ3) is 5.21. The number of rotatable bonds is 9. The topological polar surface area (TPSA) is 88.7 Å². The number of amides is 1. The number of pyridine rings is 1. The van der Waals surface area contributed by atoms with Crippen LogP contribution in [0.15, 0.2) is 47.6 Å². The molecule has 6 nitrogen and oxygen atoms in total. The van der Waals surface area contributed by atoms with Gasteiger partial charge in [0.2, 0.25) is 5.66 Å². The van der Waals surface area contributed by atoms with E-state index in [1.807, 2.05) is 0 Å². The van der Waals surface area contributed by atoms with Crippen molar-refractivity contribution >= 4 is 23.1 Å². The minimum Gasteiger partial charge on any atom is -0.311 e. The first-order valence-electron chi connectivity index (χ1n) is 12.4. The van der Waals surface area contributed by atoms with Crippen molar-refractivity contribution < 1.29 is 22.8 Å². The van der Waals surface area contributed by atoms with Crippen LogP contribution in [-0.2, 0) is 15.8 Å². The Morgan fingerprint density at radius 2 is 1.94 bits per heavy atom. The minimum atomic E-state index is -4.60. The standard InChI is InChI=1S/C27H31F3N4O2/c1-3-4-5-8-18(15-17-11-12-17)24(35)26(31)25(36)34(2)22-10-7-6-9-20(22)23(33-26)21-16-19(13-14-32-21)27(28,29)30/h6-7,9-10,13-14,16-18H,3-5,8,11-12,15,31H2,1-2H3/t18-,26?/m0/s1. The monoisotopic (exact) mass is 500 g/mol. The van der Waals surface area contributed by atoms with Crippen LogP contribution in [0.25, 0.3) is 0 Å². The van der Waals surface area contributed by atoms with Gasteiger partial charge >= 0.3 is 6.18 Å². The lowest BCUT2D eigenvalue weighted by Gasteiger charge is -2.30. The van der Waals surface area contributed by atoms with Gasteiger partial charge in [0.15, 0.2) is 5.78 Å². The predicted molar refractivity (Wildman–Crippen MR) is 132 cm³/mol. The number of para-hydroxylation sites is 1. The van der Waals surface area contributed by atoms with Crippen molar-refractivity contribution in [2.75, 3.05) is 11.9 Å². The van der Waals surface area contributed by atoms with E-state index in [9.17, 15) is 22.8 Å². The smallest absolute Gasteiger partial charge is 0.311 e. The lowest BCUT2D eigenvalue weighted by atomic mass is 9.84. The minimum absolute atomic E-state index is 0.0102. The van der Waals surface area contributed by atoms with E-state index in [1.54, 1.807) is 24.3 Å². The normalized spacial score (nSPS) is 21.0. The maximum absolute atomic E-state index is 14.0. The second-order valence-electron chi connectivity index (χ2n) is 9.77. The number of fused-ring (bicyclic) bond motifs is 1. The summed E-state index contributed by atoms with van der Waals surface area (Å²) in [4.78, 5) is 37.5. The summed E-state index contributed by atoms with van der Waals surface area (Å²) < 4.78 is 40.5. The van der Waals surface area contributed by atoms with Gasteiger partial charge in [0.05, 0.1) is 22.7 Å². The van der Waals surface area contributed by atoms with Crippen LogP contribution in [0.2, 0.25) is 0 Å². The van der Waals surface area contributed by atoms with E-state index < -0.39 is 35.0 Å². The number of aromatic nitrogens is 1. The molecule has 2 aromatic rings. The first kappa shape index (κ1) is 26.0. The molecule has 36 heavy (non-hydrogen) atoms. The number of anilines is 1. The number of nitrogens with zero attached hydrogens (tertiary/aromatic N) is 3. The van der Waals surface area contributed by atoms with Crippen molar-refractivity contribution in [1.82, 2.24) is 4.98 Å². The molecule has 1 aromatic carbocycles. The second-order valence-corrected chi connectivity index (χ2v) is 9.77. The Morgan fingerprint density at radius 1 is 1.22 bits per heavy atom. The van der Waals surface area contributed by atoms with E-state index >= 15 is 0 Å². The van der Waals surface area contributed by atoms with E-state index in [1.165, 1.54) is 11.9 Å².